The van der Waals surface area contributed by atoms with Crippen LogP contribution in [-0.2, 0) is 4.79 Å². The summed E-state index contributed by atoms with van der Waals surface area (Å²) in [6.45, 7) is 6.93. The maximum Gasteiger partial charge on any atom is 0.251 e. The highest BCUT2D eigenvalue weighted by atomic mass is 35.5. The van der Waals surface area contributed by atoms with Gasteiger partial charge in [0.05, 0.1) is 6.54 Å². The lowest BCUT2D eigenvalue weighted by Gasteiger charge is -2.37. The van der Waals surface area contributed by atoms with Crippen LogP contribution in [0.3, 0.4) is 0 Å². The summed E-state index contributed by atoms with van der Waals surface area (Å²) in [6, 6.07) is 9.83. The van der Waals surface area contributed by atoms with Gasteiger partial charge in [0.2, 0.25) is 5.91 Å². The first-order valence-corrected chi connectivity index (χ1v) is 9.22. The van der Waals surface area contributed by atoms with E-state index in [-0.39, 0.29) is 30.3 Å². The van der Waals surface area contributed by atoms with Crippen LogP contribution in [0.25, 0.3) is 0 Å². The van der Waals surface area contributed by atoms with E-state index in [4.69, 9.17) is 0 Å². The van der Waals surface area contributed by atoms with E-state index in [1.54, 1.807) is 0 Å². The third kappa shape index (κ3) is 5.43. The van der Waals surface area contributed by atoms with Crippen molar-refractivity contribution in [2.24, 2.45) is 0 Å². The molecular formula is C19H29ClN4O2. The normalized spacial score (nSPS) is 21.7. The molecule has 2 saturated heterocycles. The molecule has 0 radical (unpaired) electrons. The number of rotatable bonds is 4. The lowest BCUT2D eigenvalue weighted by molar-refractivity contribution is -0.134. The van der Waals surface area contributed by atoms with E-state index in [1.807, 2.05) is 35.2 Å². The second-order valence-corrected chi connectivity index (χ2v) is 7.02. The van der Waals surface area contributed by atoms with Crippen molar-refractivity contribution in [3.63, 3.8) is 0 Å². The third-order valence-electron chi connectivity index (χ3n) is 5.20. The zero-order valence-electron chi connectivity index (χ0n) is 15.3. The van der Waals surface area contributed by atoms with Gasteiger partial charge in [-0.15, -0.1) is 12.4 Å². The number of halogens is 1. The van der Waals surface area contributed by atoms with Crippen LogP contribution in [0.4, 0.5) is 0 Å². The molecule has 0 unspecified atom stereocenters. The number of hydrogen-bond acceptors (Lipinski definition) is 4. The maximum atomic E-state index is 12.5. The largest absolute Gasteiger partial charge is 0.349 e. The summed E-state index contributed by atoms with van der Waals surface area (Å²) in [5.41, 5.74) is 0.689. The first kappa shape index (κ1) is 20.7. The minimum atomic E-state index is -0.0278. The second-order valence-electron chi connectivity index (χ2n) is 7.02. The van der Waals surface area contributed by atoms with Crippen molar-refractivity contribution >= 4 is 24.2 Å². The zero-order chi connectivity index (χ0) is 17.6. The van der Waals surface area contributed by atoms with Crippen molar-refractivity contribution in [3.8, 4) is 0 Å². The predicted molar refractivity (Wildman–Crippen MR) is 105 cm³/mol. The van der Waals surface area contributed by atoms with Crippen molar-refractivity contribution in [2.45, 2.75) is 31.8 Å². The Balaban J connectivity index is 0.00000243. The fourth-order valence-corrected chi connectivity index (χ4v) is 3.52. The van der Waals surface area contributed by atoms with Crippen molar-refractivity contribution < 1.29 is 9.59 Å². The Hall–Kier alpha value is -1.63. The van der Waals surface area contributed by atoms with Gasteiger partial charge in [-0.25, -0.2) is 0 Å². The van der Waals surface area contributed by atoms with Crippen molar-refractivity contribution in [3.05, 3.63) is 35.9 Å². The number of carbonyl (C=O) groups excluding carboxylic acids is 2. The summed E-state index contributed by atoms with van der Waals surface area (Å²) in [5, 5.41) is 6.44. The Morgan fingerprint density at radius 1 is 1.15 bits per heavy atom. The van der Waals surface area contributed by atoms with Gasteiger partial charge in [0.25, 0.3) is 5.91 Å². The molecule has 144 valence electrons. The molecule has 1 atom stereocenters. The molecule has 0 aromatic heterocycles. The number of benzene rings is 1. The smallest absolute Gasteiger partial charge is 0.251 e. The Morgan fingerprint density at radius 3 is 2.50 bits per heavy atom. The van der Waals surface area contributed by atoms with Crippen LogP contribution in [0.2, 0.25) is 0 Å². The van der Waals surface area contributed by atoms with Crippen LogP contribution in [0.1, 0.15) is 30.1 Å². The van der Waals surface area contributed by atoms with Crippen LogP contribution in [0.15, 0.2) is 30.3 Å². The van der Waals surface area contributed by atoms with Gasteiger partial charge >= 0.3 is 0 Å². The van der Waals surface area contributed by atoms with E-state index in [2.05, 4.69) is 22.5 Å². The highest BCUT2D eigenvalue weighted by Gasteiger charge is 2.27. The summed E-state index contributed by atoms with van der Waals surface area (Å²) in [7, 11) is 0. The van der Waals surface area contributed by atoms with Crippen LogP contribution >= 0.6 is 12.4 Å². The van der Waals surface area contributed by atoms with E-state index < -0.39 is 0 Å². The first-order chi connectivity index (χ1) is 12.1. The van der Waals surface area contributed by atoms with Gasteiger partial charge in [0.15, 0.2) is 0 Å². The monoisotopic (exact) mass is 380 g/mol. The molecule has 2 fully saturated rings. The summed E-state index contributed by atoms with van der Waals surface area (Å²) < 4.78 is 0. The molecule has 2 heterocycles. The van der Waals surface area contributed by atoms with Crippen molar-refractivity contribution in [2.75, 3.05) is 39.3 Å². The van der Waals surface area contributed by atoms with Crippen LogP contribution in [-0.4, -0.2) is 73.0 Å². The summed E-state index contributed by atoms with van der Waals surface area (Å²) in [4.78, 5) is 29.0. The lowest BCUT2D eigenvalue weighted by Crippen LogP contribution is -2.54. The molecule has 0 aliphatic carbocycles. The van der Waals surface area contributed by atoms with Crippen LogP contribution in [0, 0.1) is 0 Å². The quantitative estimate of drug-likeness (QED) is 0.821. The molecule has 1 aromatic rings. The number of hydrogen-bond donors (Lipinski definition) is 2. The molecule has 7 heteroatoms. The third-order valence-corrected chi connectivity index (χ3v) is 5.20. The molecular weight excluding hydrogens is 352 g/mol. The number of piperidine rings is 1. The van der Waals surface area contributed by atoms with Crippen LogP contribution < -0.4 is 10.6 Å². The molecule has 0 spiro atoms. The Labute approximate surface area is 161 Å². The number of piperazine rings is 1. The van der Waals surface area contributed by atoms with E-state index in [0.29, 0.717) is 18.2 Å². The first-order valence-electron chi connectivity index (χ1n) is 9.22. The predicted octanol–water partition coefficient (Wildman–Crippen LogP) is 1.12. The fraction of sp³-hybridized carbons (Fsp3) is 0.579. The molecule has 26 heavy (non-hydrogen) atoms. The number of likely N-dealkylation sites (tertiary alicyclic amines) is 1. The standard InChI is InChI=1S/C19H28N4O2.ClH/c1-15-13-20-9-12-23(15)14-18(24)22-10-7-17(8-11-22)21-19(25)16-5-3-2-4-6-16;/h2-6,15,17,20H,7-14H2,1H3,(H,21,25);1H/t15-;/m0./s1. The van der Waals surface area contributed by atoms with Crippen LogP contribution in [0.5, 0.6) is 0 Å². The van der Waals surface area contributed by atoms with E-state index in [1.165, 1.54) is 0 Å². The Kier molecular flexibility index (Phi) is 7.87. The highest BCUT2D eigenvalue weighted by molar-refractivity contribution is 5.94. The lowest BCUT2D eigenvalue weighted by atomic mass is 10.0. The number of carbonyl (C=O) groups is 2. The van der Waals surface area contributed by atoms with Gasteiger partial charge in [-0.1, -0.05) is 18.2 Å². The molecule has 2 aliphatic heterocycles. The molecule has 2 amide bonds. The average Bonchev–Trinajstić information content (AvgIpc) is 2.65. The van der Waals surface area contributed by atoms with E-state index in [9.17, 15) is 9.59 Å². The number of nitrogens with zero attached hydrogens (tertiary/aromatic N) is 2. The number of nitrogens with one attached hydrogen (secondary N) is 2. The second kappa shape index (κ2) is 9.90. The van der Waals surface area contributed by atoms with Gasteiger partial charge in [-0.3, -0.25) is 14.5 Å². The van der Waals surface area contributed by atoms with E-state index in [0.717, 1.165) is 45.6 Å². The highest BCUT2D eigenvalue weighted by Crippen LogP contribution is 2.13. The summed E-state index contributed by atoms with van der Waals surface area (Å²) >= 11 is 0. The molecule has 6 nitrogen and oxygen atoms in total. The topological polar surface area (TPSA) is 64.7 Å². The SMILES string of the molecule is C[C@H]1CNCCN1CC(=O)N1CCC(NC(=O)c2ccccc2)CC1.Cl. The molecule has 0 bridgehead atoms. The molecule has 2 aliphatic rings. The Bertz CT molecular complexity index is 590. The van der Waals surface area contributed by atoms with Crippen molar-refractivity contribution in [1.29, 1.82) is 0 Å². The molecule has 0 saturated carbocycles. The molecule has 2 N–H and O–H groups in total. The van der Waals surface area contributed by atoms with Gasteiger partial charge in [0.1, 0.15) is 0 Å². The minimum absolute atomic E-state index is 0. The summed E-state index contributed by atoms with van der Waals surface area (Å²) in [5.74, 6) is 0.182. The van der Waals surface area contributed by atoms with E-state index >= 15 is 0 Å². The average molecular weight is 381 g/mol. The van der Waals surface area contributed by atoms with Gasteiger partial charge in [-0.2, -0.15) is 0 Å². The zero-order valence-corrected chi connectivity index (χ0v) is 16.1. The molecule has 1 aromatic carbocycles. The van der Waals surface area contributed by atoms with Gasteiger partial charge in [-0.05, 0) is 31.9 Å². The van der Waals surface area contributed by atoms with Crippen molar-refractivity contribution in [1.82, 2.24) is 20.4 Å². The summed E-state index contributed by atoms with van der Waals surface area (Å²) in [6.07, 6.45) is 1.64. The minimum Gasteiger partial charge on any atom is -0.349 e. The van der Waals surface area contributed by atoms with Gasteiger partial charge in [0, 0.05) is 50.4 Å². The molecule has 3 rings (SSSR count). The van der Waals surface area contributed by atoms with Gasteiger partial charge < -0.3 is 15.5 Å². The Morgan fingerprint density at radius 2 is 1.85 bits per heavy atom. The number of amides is 2. The fourth-order valence-electron chi connectivity index (χ4n) is 3.52. The maximum absolute atomic E-state index is 12.5.